The van der Waals surface area contributed by atoms with Crippen LogP contribution in [0, 0.1) is 0 Å². The van der Waals surface area contributed by atoms with Crippen molar-refractivity contribution >= 4 is 11.5 Å². The summed E-state index contributed by atoms with van der Waals surface area (Å²) in [5, 5.41) is 3.45. The zero-order chi connectivity index (χ0) is 23.2. The molecule has 0 radical (unpaired) electrons. The summed E-state index contributed by atoms with van der Waals surface area (Å²) >= 11 is 0. The van der Waals surface area contributed by atoms with Gasteiger partial charge in [0.05, 0.1) is 0 Å². The van der Waals surface area contributed by atoms with E-state index in [0.29, 0.717) is 5.56 Å². The first-order valence-corrected chi connectivity index (χ1v) is 11.4. The van der Waals surface area contributed by atoms with Crippen LogP contribution in [0.4, 0.5) is 5.69 Å². The molecule has 1 N–H and O–H groups in total. The van der Waals surface area contributed by atoms with E-state index in [1.807, 2.05) is 103 Å². The molecule has 5 rings (SSSR count). The maximum atomic E-state index is 13.7. The highest BCUT2D eigenvalue weighted by atomic mass is 16.1. The van der Waals surface area contributed by atoms with Crippen molar-refractivity contribution in [3.8, 4) is 22.3 Å². The molecule has 0 aromatic heterocycles. The number of benzene rings is 5. The quantitative estimate of drug-likeness (QED) is 0.260. The van der Waals surface area contributed by atoms with Crippen LogP contribution in [0.3, 0.4) is 0 Å². The van der Waals surface area contributed by atoms with E-state index in [9.17, 15) is 4.79 Å². The van der Waals surface area contributed by atoms with E-state index in [4.69, 9.17) is 0 Å². The molecular formula is C32H25NO. The number of Topliss-reactive ketones (excluding diaryl/α,β-unsaturated/α-hetero) is 1. The van der Waals surface area contributed by atoms with Gasteiger partial charge in [0.1, 0.15) is 6.04 Å². The zero-order valence-electron chi connectivity index (χ0n) is 18.8. The first-order valence-electron chi connectivity index (χ1n) is 11.4. The summed E-state index contributed by atoms with van der Waals surface area (Å²) in [5.74, 6) is 0.0379. The van der Waals surface area contributed by atoms with Crippen LogP contribution in [-0.4, -0.2) is 5.78 Å². The molecule has 0 unspecified atom stereocenters. The minimum absolute atomic E-state index is 0.0379. The fourth-order valence-electron chi connectivity index (χ4n) is 4.12. The number of anilines is 1. The lowest BCUT2D eigenvalue weighted by atomic mass is 9.94. The van der Waals surface area contributed by atoms with Gasteiger partial charge in [0.15, 0.2) is 5.78 Å². The van der Waals surface area contributed by atoms with Crippen LogP contribution in [0.2, 0.25) is 0 Å². The van der Waals surface area contributed by atoms with Crippen LogP contribution < -0.4 is 5.32 Å². The summed E-state index contributed by atoms with van der Waals surface area (Å²) in [5.41, 5.74) is 7.04. The molecule has 164 valence electrons. The van der Waals surface area contributed by atoms with Gasteiger partial charge in [0.2, 0.25) is 0 Å². The van der Waals surface area contributed by atoms with Gasteiger partial charge in [-0.15, -0.1) is 0 Å². The van der Waals surface area contributed by atoms with E-state index in [2.05, 4.69) is 41.7 Å². The maximum absolute atomic E-state index is 13.7. The van der Waals surface area contributed by atoms with Crippen molar-refractivity contribution in [2.24, 2.45) is 0 Å². The molecule has 0 heterocycles. The SMILES string of the molecule is O=C(c1ccc(-c2ccccc2)cc1)[C@@H](Nc1ccccc1)c1ccc(-c2ccccc2)cc1. The molecule has 5 aromatic rings. The van der Waals surface area contributed by atoms with Crippen molar-refractivity contribution < 1.29 is 4.79 Å². The first-order chi connectivity index (χ1) is 16.8. The summed E-state index contributed by atoms with van der Waals surface area (Å²) < 4.78 is 0. The molecule has 0 saturated heterocycles. The fraction of sp³-hybridized carbons (Fsp3) is 0.0312. The Kier molecular flexibility index (Phi) is 6.31. The molecule has 2 heteroatoms. The Balaban J connectivity index is 1.45. The number of hydrogen-bond acceptors (Lipinski definition) is 2. The Labute approximate surface area is 200 Å². The number of hydrogen-bond donors (Lipinski definition) is 1. The molecule has 0 aliphatic rings. The van der Waals surface area contributed by atoms with E-state index in [-0.39, 0.29) is 5.78 Å². The minimum Gasteiger partial charge on any atom is -0.371 e. The first kappa shape index (κ1) is 21.4. The predicted molar refractivity (Wildman–Crippen MR) is 141 cm³/mol. The summed E-state index contributed by atoms with van der Waals surface area (Å²) in [7, 11) is 0. The highest BCUT2D eigenvalue weighted by Gasteiger charge is 2.22. The molecule has 0 spiro atoms. The van der Waals surface area contributed by atoms with Gasteiger partial charge in [0, 0.05) is 11.3 Å². The Morgan fingerprint density at radius 1 is 0.471 bits per heavy atom. The normalized spacial score (nSPS) is 11.5. The van der Waals surface area contributed by atoms with Crippen molar-refractivity contribution in [2.75, 3.05) is 5.32 Å². The number of carbonyl (C=O) groups is 1. The van der Waals surface area contributed by atoms with Gasteiger partial charge in [-0.25, -0.2) is 0 Å². The largest absolute Gasteiger partial charge is 0.371 e. The third-order valence-corrected chi connectivity index (χ3v) is 5.97. The van der Waals surface area contributed by atoms with Crippen LogP contribution in [0.1, 0.15) is 22.0 Å². The third kappa shape index (κ3) is 4.82. The maximum Gasteiger partial charge on any atom is 0.189 e. The van der Waals surface area contributed by atoms with Crippen LogP contribution in [0.5, 0.6) is 0 Å². The topological polar surface area (TPSA) is 29.1 Å². The van der Waals surface area contributed by atoms with Gasteiger partial charge in [-0.05, 0) is 39.9 Å². The van der Waals surface area contributed by atoms with Crippen LogP contribution in [0.25, 0.3) is 22.3 Å². The van der Waals surface area contributed by atoms with E-state index in [1.54, 1.807) is 0 Å². The van der Waals surface area contributed by atoms with Crippen molar-refractivity contribution in [3.05, 3.63) is 151 Å². The summed E-state index contributed by atoms with van der Waals surface area (Å²) in [6.45, 7) is 0. The average Bonchev–Trinajstić information content (AvgIpc) is 2.93. The molecule has 0 bridgehead atoms. The fourth-order valence-corrected chi connectivity index (χ4v) is 4.12. The molecule has 0 amide bonds. The average molecular weight is 440 g/mol. The van der Waals surface area contributed by atoms with E-state index >= 15 is 0 Å². The highest BCUT2D eigenvalue weighted by molar-refractivity contribution is 6.02. The second-order valence-electron chi connectivity index (χ2n) is 8.24. The van der Waals surface area contributed by atoms with Crippen molar-refractivity contribution in [1.82, 2.24) is 0 Å². The number of para-hydroxylation sites is 1. The lowest BCUT2D eigenvalue weighted by Crippen LogP contribution is -2.21. The smallest absolute Gasteiger partial charge is 0.189 e. The lowest BCUT2D eigenvalue weighted by Gasteiger charge is -2.20. The third-order valence-electron chi connectivity index (χ3n) is 5.97. The van der Waals surface area contributed by atoms with Crippen LogP contribution in [-0.2, 0) is 0 Å². The summed E-state index contributed by atoms with van der Waals surface area (Å²) in [4.78, 5) is 13.7. The molecule has 1 atom stereocenters. The van der Waals surface area contributed by atoms with Crippen LogP contribution in [0.15, 0.2) is 140 Å². The zero-order valence-corrected chi connectivity index (χ0v) is 18.8. The molecular weight excluding hydrogens is 414 g/mol. The molecule has 2 nitrogen and oxygen atoms in total. The predicted octanol–water partition coefficient (Wildman–Crippen LogP) is 8.06. The van der Waals surface area contributed by atoms with E-state index in [0.717, 1.165) is 33.5 Å². The Morgan fingerprint density at radius 2 is 0.882 bits per heavy atom. The number of carbonyl (C=O) groups excluding carboxylic acids is 1. The molecule has 0 fully saturated rings. The highest BCUT2D eigenvalue weighted by Crippen LogP contribution is 2.28. The van der Waals surface area contributed by atoms with Gasteiger partial charge >= 0.3 is 0 Å². The molecule has 0 saturated carbocycles. The van der Waals surface area contributed by atoms with E-state index in [1.165, 1.54) is 0 Å². The van der Waals surface area contributed by atoms with Gasteiger partial charge in [-0.2, -0.15) is 0 Å². The number of nitrogens with one attached hydrogen (secondary N) is 1. The summed E-state index contributed by atoms with van der Waals surface area (Å²) in [6.07, 6.45) is 0. The number of rotatable bonds is 7. The molecule has 34 heavy (non-hydrogen) atoms. The Bertz CT molecular complexity index is 1340. The summed E-state index contributed by atoms with van der Waals surface area (Å²) in [6, 6.07) is 46.0. The second kappa shape index (κ2) is 10.0. The Hall–Kier alpha value is -4.43. The molecule has 0 aliphatic carbocycles. The van der Waals surface area contributed by atoms with Gasteiger partial charge < -0.3 is 5.32 Å². The Morgan fingerprint density at radius 3 is 1.38 bits per heavy atom. The van der Waals surface area contributed by atoms with Crippen molar-refractivity contribution in [1.29, 1.82) is 0 Å². The van der Waals surface area contributed by atoms with Gasteiger partial charge in [0.25, 0.3) is 0 Å². The van der Waals surface area contributed by atoms with Crippen molar-refractivity contribution in [2.45, 2.75) is 6.04 Å². The molecule has 5 aromatic carbocycles. The van der Waals surface area contributed by atoms with E-state index < -0.39 is 6.04 Å². The standard InChI is InChI=1S/C32H25NO/c34-32(29-22-18-27(19-23-29)25-12-6-2-7-13-25)31(33-30-14-8-3-9-15-30)28-20-16-26(17-21-28)24-10-4-1-5-11-24/h1-23,31,33H/t31-/m0/s1. The van der Waals surface area contributed by atoms with Gasteiger partial charge in [-0.1, -0.05) is 127 Å². The van der Waals surface area contributed by atoms with Crippen LogP contribution >= 0.6 is 0 Å². The second-order valence-corrected chi connectivity index (χ2v) is 8.24. The van der Waals surface area contributed by atoms with Gasteiger partial charge in [-0.3, -0.25) is 4.79 Å². The lowest BCUT2D eigenvalue weighted by molar-refractivity contribution is 0.0969. The molecule has 0 aliphatic heterocycles. The van der Waals surface area contributed by atoms with Crippen molar-refractivity contribution in [3.63, 3.8) is 0 Å². The minimum atomic E-state index is -0.491. The number of ketones is 1. The monoisotopic (exact) mass is 439 g/mol.